The monoisotopic (exact) mass is 384 g/mol. The molecule has 2 amide bonds. The van der Waals surface area contributed by atoms with Crippen LogP contribution in [-0.2, 0) is 17.9 Å². The topological polar surface area (TPSA) is 93.1 Å². The molecule has 0 unspecified atom stereocenters. The third kappa shape index (κ3) is 6.64. The van der Waals surface area contributed by atoms with Gasteiger partial charge in [0.2, 0.25) is 5.91 Å². The first-order valence-electron chi connectivity index (χ1n) is 9.64. The van der Waals surface area contributed by atoms with Crippen LogP contribution < -0.4 is 16.2 Å². The van der Waals surface area contributed by atoms with Crippen molar-refractivity contribution in [3.05, 3.63) is 58.0 Å². The average molecular weight is 384 g/mol. The molecule has 2 N–H and O–H groups in total. The van der Waals surface area contributed by atoms with Crippen molar-refractivity contribution in [1.29, 1.82) is 0 Å². The van der Waals surface area contributed by atoms with E-state index in [9.17, 15) is 14.4 Å². The fraction of sp³-hybridized carbons (Fsp3) is 0.429. The van der Waals surface area contributed by atoms with Crippen LogP contribution in [0.5, 0.6) is 0 Å². The third-order valence-electron chi connectivity index (χ3n) is 4.08. The molecule has 0 aliphatic rings. The minimum Gasteiger partial charge on any atom is -0.347 e. The Kier molecular flexibility index (Phi) is 7.92. The number of aromatic nitrogens is 2. The van der Waals surface area contributed by atoms with Crippen LogP contribution in [0.4, 0.5) is 5.69 Å². The van der Waals surface area contributed by atoms with Crippen LogP contribution in [0.3, 0.4) is 0 Å². The zero-order chi connectivity index (χ0) is 20.5. The smallest absolute Gasteiger partial charge is 0.271 e. The first-order valence-corrected chi connectivity index (χ1v) is 9.64. The van der Waals surface area contributed by atoms with E-state index in [4.69, 9.17) is 0 Å². The summed E-state index contributed by atoms with van der Waals surface area (Å²) < 4.78 is 1.32. The number of nitrogens with one attached hydrogen (secondary N) is 2. The number of anilines is 1. The van der Waals surface area contributed by atoms with Crippen molar-refractivity contribution >= 4 is 17.5 Å². The first-order chi connectivity index (χ1) is 13.4. The van der Waals surface area contributed by atoms with Crippen LogP contribution in [0.15, 0.2) is 41.2 Å². The summed E-state index contributed by atoms with van der Waals surface area (Å²) in [4.78, 5) is 36.1. The standard InChI is InChI=1S/C21H28N4O3/c1-4-5-11-25-20(27)10-9-18(24-25)21(28)22-14-16-7-6-8-17(13-16)23-19(26)12-15(2)3/h6-10,13,15H,4-5,11-12,14H2,1-3H3,(H,22,28)(H,23,26). The molecule has 0 atom stereocenters. The van der Waals surface area contributed by atoms with Crippen molar-refractivity contribution in [2.45, 2.75) is 53.1 Å². The normalized spacial score (nSPS) is 10.7. The maximum absolute atomic E-state index is 12.4. The summed E-state index contributed by atoms with van der Waals surface area (Å²) in [7, 11) is 0. The number of benzene rings is 1. The highest BCUT2D eigenvalue weighted by atomic mass is 16.2. The first kappa shape index (κ1) is 21.3. The molecule has 0 radical (unpaired) electrons. The lowest BCUT2D eigenvalue weighted by Crippen LogP contribution is -2.29. The Balaban J connectivity index is 1.98. The lowest BCUT2D eigenvalue weighted by atomic mass is 10.1. The van der Waals surface area contributed by atoms with Gasteiger partial charge < -0.3 is 10.6 Å². The fourth-order valence-corrected chi connectivity index (χ4v) is 2.65. The second-order valence-electron chi connectivity index (χ2n) is 7.16. The zero-order valence-corrected chi connectivity index (χ0v) is 16.7. The minimum absolute atomic E-state index is 0.0327. The van der Waals surface area contributed by atoms with Crippen molar-refractivity contribution in [2.75, 3.05) is 5.32 Å². The molecule has 0 saturated carbocycles. The number of hydrogen-bond acceptors (Lipinski definition) is 4. The summed E-state index contributed by atoms with van der Waals surface area (Å²) in [6.45, 7) is 6.80. The maximum Gasteiger partial charge on any atom is 0.271 e. The van der Waals surface area contributed by atoms with Crippen LogP contribution in [0.2, 0.25) is 0 Å². The average Bonchev–Trinajstić information content (AvgIpc) is 2.65. The molecule has 0 saturated heterocycles. The number of hydrogen-bond donors (Lipinski definition) is 2. The lowest BCUT2D eigenvalue weighted by Gasteiger charge is -2.10. The number of amides is 2. The lowest BCUT2D eigenvalue weighted by molar-refractivity contribution is -0.116. The quantitative estimate of drug-likeness (QED) is 0.695. The number of carbonyl (C=O) groups excluding carboxylic acids is 2. The van der Waals surface area contributed by atoms with Crippen LogP contribution in [0.25, 0.3) is 0 Å². The van der Waals surface area contributed by atoms with Crippen molar-refractivity contribution in [3.8, 4) is 0 Å². The van der Waals surface area contributed by atoms with Gasteiger partial charge in [0.1, 0.15) is 5.69 Å². The highest BCUT2D eigenvalue weighted by Gasteiger charge is 2.10. The largest absolute Gasteiger partial charge is 0.347 e. The molecule has 1 aromatic carbocycles. The van der Waals surface area contributed by atoms with Gasteiger partial charge in [-0.05, 0) is 36.1 Å². The third-order valence-corrected chi connectivity index (χ3v) is 4.08. The van der Waals surface area contributed by atoms with E-state index in [0.717, 1.165) is 18.4 Å². The van der Waals surface area contributed by atoms with Gasteiger partial charge in [-0.25, -0.2) is 4.68 Å². The van der Waals surface area contributed by atoms with E-state index in [1.54, 1.807) is 0 Å². The van der Waals surface area contributed by atoms with Gasteiger partial charge in [0, 0.05) is 31.3 Å². The predicted molar refractivity (Wildman–Crippen MR) is 109 cm³/mol. The van der Waals surface area contributed by atoms with Crippen LogP contribution in [0.1, 0.15) is 56.1 Å². The Labute approximate surface area is 165 Å². The molecule has 0 aliphatic heterocycles. The Hall–Kier alpha value is -2.96. The summed E-state index contributed by atoms with van der Waals surface area (Å²) in [5.74, 6) is -0.0928. The van der Waals surface area contributed by atoms with Gasteiger partial charge in [0.15, 0.2) is 0 Å². The van der Waals surface area contributed by atoms with Gasteiger partial charge in [0.25, 0.3) is 11.5 Å². The van der Waals surface area contributed by atoms with Crippen molar-refractivity contribution in [2.24, 2.45) is 5.92 Å². The molecule has 0 fully saturated rings. The molecule has 28 heavy (non-hydrogen) atoms. The van der Waals surface area contributed by atoms with Crippen molar-refractivity contribution in [1.82, 2.24) is 15.1 Å². The highest BCUT2D eigenvalue weighted by molar-refractivity contribution is 5.92. The Bertz CT molecular complexity index is 874. The molecule has 7 nitrogen and oxygen atoms in total. The molecule has 7 heteroatoms. The second kappa shape index (κ2) is 10.4. The van der Waals surface area contributed by atoms with Gasteiger partial charge in [-0.1, -0.05) is 39.3 Å². The predicted octanol–water partition coefficient (Wildman–Crippen LogP) is 2.96. The minimum atomic E-state index is -0.348. The maximum atomic E-state index is 12.4. The van der Waals surface area contributed by atoms with E-state index in [0.29, 0.717) is 25.2 Å². The number of aryl methyl sites for hydroxylation is 1. The van der Waals surface area contributed by atoms with E-state index in [2.05, 4.69) is 15.7 Å². The molecule has 2 rings (SSSR count). The Morgan fingerprint density at radius 1 is 1.18 bits per heavy atom. The number of carbonyl (C=O) groups is 2. The summed E-state index contributed by atoms with van der Waals surface area (Å²) in [6, 6.07) is 10.1. The Morgan fingerprint density at radius 2 is 1.96 bits per heavy atom. The number of unbranched alkanes of at least 4 members (excludes halogenated alkanes) is 1. The van der Waals surface area contributed by atoms with Crippen LogP contribution in [-0.4, -0.2) is 21.6 Å². The van der Waals surface area contributed by atoms with E-state index in [1.165, 1.54) is 16.8 Å². The summed E-state index contributed by atoms with van der Waals surface area (Å²) >= 11 is 0. The second-order valence-corrected chi connectivity index (χ2v) is 7.16. The van der Waals surface area contributed by atoms with Gasteiger partial charge in [-0.15, -0.1) is 0 Å². The molecular weight excluding hydrogens is 356 g/mol. The molecule has 0 spiro atoms. The molecule has 0 bridgehead atoms. The molecule has 1 heterocycles. The van der Waals surface area contributed by atoms with Crippen LogP contribution in [0, 0.1) is 5.92 Å². The highest BCUT2D eigenvalue weighted by Crippen LogP contribution is 2.12. The van der Waals surface area contributed by atoms with Crippen molar-refractivity contribution < 1.29 is 9.59 Å². The fourth-order valence-electron chi connectivity index (χ4n) is 2.65. The van der Waals surface area contributed by atoms with Crippen molar-refractivity contribution in [3.63, 3.8) is 0 Å². The van der Waals surface area contributed by atoms with Crippen LogP contribution >= 0.6 is 0 Å². The Morgan fingerprint density at radius 3 is 2.68 bits per heavy atom. The molecule has 0 aliphatic carbocycles. The SMILES string of the molecule is CCCCn1nc(C(=O)NCc2cccc(NC(=O)CC(C)C)c2)ccc1=O. The summed E-state index contributed by atoms with van der Waals surface area (Å²) in [6.07, 6.45) is 2.22. The molecule has 150 valence electrons. The van der Waals surface area contributed by atoms with E-state index in [-0.39, 0.29) is 29.0 Å². The molecule has 1 aromatic heterocycles. The molecular formula is C21H28N4O3. The number of rotatable bonds is 9. The van der Waals surface area contributed by atoms with E-state index >= 15 is 0 Å². The molecule has 2 aromatic rings. The van der Waals surface area contributed by atoms with Gasteiger partial charge in [0.05, 0.1) is 0 Å². The summed E-state index contributed by atoms with van der Waals surface area (Å²) in [5, 5.41) is 9.81. The number of nitrogens with zero attached hydrogens (tertiary/aromatic N) is 2. The van der Waals surface area contributed by atoms with E-state index in [1.807, 2.05) is 45.0 Å². The van der Waals surface area contributed by atoms with Gasteiger partial charge >= 0.3 is 0 Å². The van der Waals surface area contributed by atoms with Gasteiger partial charge in [-0.2, -0.15) is 5.10 Å². The zero-order valence-electron chi connectivity index (χ0n) is 16.7. The van der Waals surface area contributed by atoms with Gasteiger partial charge in [-0.3, -0.25) is 14.4 Å². The van der Waals surface area contributed by atoms with E-state index < -0.39 is 0 Å². The summed E-state index contributed by atoms with van der Waals surface area (Å²) in [5.41, 5.74) is 1.55.